The molecule has 1 fully saturated rings. The lowest BCUT2D eigenvalue weighted by molar-refractivity contribution is 0.275. The number of hydrogen-bond acceptors (Lipinski definition) is 6. The van der Waals surface area contributed by atoms with Crippen LogP contribution in [0.3, 0.4) is 0 Å². The second kappa shape index (κ2) is 5.20. The van der Waals surface area contributed by atoms with E-state index in [0.29, 0.717) is 17.5 Å². The second-order valence-corrected chi connectivity index (χ2v) is 5.22. The van der Waals surface area contributed by atoms with Gasteiger partial charge in [0, 0.05) is 6.20 Å². The SMILES string of the molecule is COc1cnccc1-c1nc(C2(N)CCCCC2)no1. The van der Waals surface area contributed by atoms with Crippen molar-refractivity contribution in [2.75, 3.05) is 7.11 Å². The fourth-order valence-electron chi connectivity index (χ4n) is 2.66. The Balaban J connectivity index is 1.94. The molecule has 2 N–H and O–H groups in total. The zero-order valence-electron chi connectivity index (χ0n) is 11.5. The molecule has 1 saturated carbocycles. The van der Waals surface area contributed by atoms with E-state index in [-0.39, 0.29) is 0 Å². The molecule has 0 unspecified atom stereocenters. The summed E-state index contributed by atoms with van der Waals surface area (Å²) >= 11 is 0. The van der Waals surface area contributed by atoms with Crippen molar-refractivity contribution in [1.82, 2.24) is 15.1 Å². The summed E-state index contributed by atoms with van der Waals surface area (Å²) < 4.78 is 10.6. The maximum absolute atomic E-state index is 6.41. The molecule has 0 radical (unpaired) electrons. The van der Waals surface area contributed by atoms with Gasteiger partial charge < -0.3 is 15.0 Å². The predicted molar refractivity (Wildman–Crippen MR) is 73.0 cm³/mol. The van der Waals surface area contributed by atoms with Crippen molar-refractivity contribution >= 4 is 0 Å². The Hall–Kier alpha value is -1.95. The highest BCUT2D eigenvalue weighted by atomic mass is 16.5. The molecule has 2 aromatic heterocycles. The molecule has 6 nitrogen and oxygen atoms in total. The fourth-order valence-corrected chi connectivity index (χ4v) is 2.66. The van der Waals surface area contributed by atoms with Gasteiger partial charge in [0.15, 0.2) is 5.82 Å². The van der Waals surface area contributed by atoms with E-state index in [2.05, 4.69) is 15.1 Å². The van der Waals surface area contributed by atoms with Crippen LogP contribution >= 0.6 is 0 Å². The Bertz CT molecular complexity index is 590. The highest BCUT2D eigenvalue weighted by molar-refractivity contribution is 5.61. The van der Waals surface area contributed by atoms with E-state index in [0.717, 1.165) is 31.2 Å². The van der Waals surface area contributed by atoms with Crippen molar-refractivity contribution in [1.29, 1.82) is 0 Å². The molecule has 20 heavy (non-hydrogen) atoms. The monoisotopic (exact) mass is 274 g/mol. The molecule has 6 heteroatoms. The number of aromatic nitrogens is 3. The van der Waals surface area contributed by atoms with Crippen LogP contribution in [0.5, 0.6) is 5.75 Å². The van der Waals surface area contributed by atoms with Gasteiger partial charge in [0.25, 0.3) is 5.89 Å². The van der Waals surface area contributed by atoms with Crippen LogP contribution in [0, 0.1) is 0 Å². The molecule has 0 aliphatic heterocycles. The summed E-state index contributed by atoms with van der Waals surface area (Å²) in [5, 5.41) is 4.08. The van der Waals surface area contributed by atoms with E-state index >= 15 is 0 Å². The molecule has 1 aliphatic carbocycles. The van der Waals surface area contributed by atoms with Gasteiger partial charge in [-0.1, -0.05) is 24.4 Å². The van der Waals surface area contributed by atoms with Crippen LogP contribution in [0.25, 0.3) is 11.5 Å². The number of ether oxygens (including phenoxy) is 1. The summed E-state index contributed by atoms with van der Waals surface area (Å²) in [7, 11) is 1.59. The average molecular weight is 274 g/mol. The Morgan fingerprint density at radius 2 is 2.10 bits per heavy atom. The van der Waals surface area contributed by atoms with E-state index in [9.17, 15) is 0 Å². The number of rotatable bonds is 3. The van der Waals surface area contributed by atoms with E-state index in [4.69, 9.17) is 15.0 Å². The summed E-state index contributed by atoms with van der Waals surface area (Å²) in [4.78, 5) is 8.49. The largest absolute Gasteiger partial charge is 0.494 e. The average Bonchev–Trinajstić information content (AvgIpc) is 2.98. The zero-order chi connectivity index (χ0) is 14.0. The van der Waals surface area contributed by atoms with Crippen LogP contribution in [0.2, 0.25) is 0 Å². The van der Waals surface area contributed by atoms with Crippen molar-refractivity contribution < 1.29 is 9.26 Å². The maximum Gasteiger partial charge on any atom is 0.261 e. The van der Waals surface area contributed by atoms with Crippen LogP contribution < -0.4 is 10.5 Å². The Labute approximate surface area is 117 Å². The first-order valence-corrected chi connectivity index (χ1v) is 6.84. The quantitative estimate of drug-likeness (QED) is 0.923. The molecule has 0 bridgehead atoms. The number of methoxy groups -OCH3 is 1. The molecule has 106 valence electrons. The second-order valence-electron chi connectivity index (χ2n) is 5.22. The third-order valence-corrected chi connectivity index (χ3v) is 3.85. The number of hydrogen-bond donors (Lipinski definition) is 1. The van der Waals surface area contributed by atoms with Gasteiger partial charge in [0.05, 0.1) is 24.4 Å². The third-order valence-electron chi connectivity index (χ3n) is 3.85. The maximum atomic E-state index is 6.41. The lowest BCUT2D eigenvalue weighted by Gasteiger charge is -2.29. The first-order chi connectivity index (χ1) is 9.73. The molecule has 2 heterocycles. The van der Waals surface area contributed by atoms with Gasteiger partial charge in [-0.15, -0.1) is 0 Å². The van der Waals surface area contributed by atoms with Gasteiger partial charge in [0.1, 0.15) is 5.75 Å². The molecule has 0 amide bonds. The predicted octanol–water partition coefficient (Wildman–Crippen LogP) is 2.26. The highest BCUT2D eigenvalue weighted by Gasteiger charge is 2.34. The van der Waals surface area contributed by atoms with Crippen molar-refractivity contribution in [3.63, 3.8) is 0 Å². The van der Waals surface area contributed by atoms with E-state index < -0.39 is 5.54 Å². The van der Waals surface area contributed by atoms with Gasteiger partial charge in [-0.05, 0) is 18.9 Å². The normalized spacial score (nSPS) is 17.9. The molecule has 0 atom stereocenters. The van der Waals surface area contributed by atoms with Crippen LogP contribution in [-0.4, -0.2) is 22.2 Å². The molecule has 0 saturated heterocycles. The van der Waals surface area contributed by atoms with Crippen LogP contribution in [0.15, 0.2) is 23.0 Å². The Kier molecular flexibility index (Phi) is 3.40. The van der Waals surface area contributed by atoms with Gasteiger partial charge in [-0.25, -0.2) is 0 Å². The highest BCUT2D eigenvalue weighted by Crippen LogP contribution is 2.35. The fraction of sp³-hybridized carbons (Fsp3) is 0.500. The molecule has 3 rings (SSSR count). The summed E-state index contributed by atoms with van der Waals surface area (Å²) in [6, 6.07) is 1.79. The summed E-state index contributed by atoms with van der Waals surface area (Å²) in [5.41, 5.74) is 6.69. The van der Waals surface area contributed by atoms with Crippen molar-refractivity contribution in [3.8, 4) is 17.2 Å². The first kappa shape index (κ1) is 13.1. The van der Waals surface area contributed by atoms with Crippen LogP contribution in [-0.2, 0) is 5.54 Å². The van der Waals surface area contributed by atoms with Crippen LogP contribution in [0.1, 0.15) is 37.9 Å². The standard InChI is InChI=1S/C14H18N4O2/c1-19-11-9-16-8-5-10(11)12-17-13(18-20-12)14(15)6-3-2-4-7-14/h5,8-9H,2-4,6-7,15H2,1H3. The first-order valence-electron chi connectivity index (χ1n) is 6.84. The molecule has 0 aromatic carbocycles. The van der Waals surface area contributed by atoms with Crippen LogP contribution in [0.4, 0.5) is 0 Å². The smallest absolute Gasteiger partial charge is 0.261 e. The molecular formula is C14H18N4O2. The van der Waals surface area contributed by atoms with Gasteiger partial charge >= 0.3 is 0 Å². The molecule has 2 aromatic rings. The molecule has 0 spiro atoms. The summed E-state index contributed by atoms with van der Waals surface area (Å²) in [6.45, 7) is 0. The third kappa shape index (κ3) is 2.27. The van der Waals surface area contributed by atoms with E-state index in [1.165, 1.54) is 6.42 Å². The van der Waals surface area contributed by atoms with Crippen molar-refractivity contribution in [2.24, 2.45) is 5.73 Å². The lowest BCUT2D eigenvalue weighted by Crippen LogP contribution is -2.39. The van der Waals surface area contributed by atoms with Gasteiger partial charge in [0.2, 0.25) is 0 Å². The lowest BCUT2D eigenvalue weighted by atomic mass is 9.82. The topological polar surface area (TPSA) is 87.1 Å². The number of nitrogens with zero attached hydrogens (tertiary/aromatic N) is 3. The van der Waals surface area contributed by atoms with E-state index in [1.54, 1.807) is 25.6 Å². The summed E-state index contributed by atoms with van der Waals surface area (Å²) in [6.07, 6.45) is 8.54. The minimum absolute atomic E-state index is 0.426. The van der Waals surface area contributed by atoms with Crippen molar-refractivity contribution in [2.45, 2.75) is 37.6 Å². The molecular weight excluding hydrogens is 256 g/mol. The Morgan fingerprint density at radius 3 is 2.85 bits per heavy atom. The van der Waals surface area contributed by atoms with Crippen molar-refractivity contribution in [3.05, 3.63) is 24.3 Å². The minimum atomic E-state index is -0.458. The minimum Gasteiger partial charge on any atom is -0.494 e. The molecule has 1 aliphatic rings. The Morgan fingerprint density at radius 1 is 1.30 bits per heavy atom. The van der Waals surface area contributed by atoms with Gasteiger partial charge in [-0.3, -0.25) is 4.98 Å². The zero-order valence-corrected chi connectivity index (χ0v) is 11.5. The van der Waals surface area contributed by atoms with Gasteiger partial charge in [-0.2, -0.15) is 4.98 Å². The summed E-state index contributed by atoms with van der Waals surface area (Å²) in [5.74, 6) is 1.62. The number of pyridine rings is 1. The van der Waals surface area contributed by atoms with E-state index in [1.807, 2.05) is 0 Å². The number of nitrogens with two attached hydrogens (primary N) is 1.